The largest absolute Gasteiger partial charge is 0.462 e. The average Bonchev–Trinajstić information content (AvgIpc) is 2.80. The van der Waals surface area contributed by atoms with E-state index in [-0.39, 0.29) is 24.1 Å². The highest BCUT2D eigenvalue weighted by Crippen LogP contribution is 2.31. The zero-order valence-corrected chi connectivity index (χ0v) is 19.6. The first-order valence-electron chi connectivity index (χ1n) is 13.1. The third-order valence-electron chi connectivity index (χ3n) is 7.45. The molecule has 6 heteroatoms. The molecular weight excluding hydrogens is 395 g/mol. The van der Waals surface area contributed by atoms with Crippen molar-refractivity contribution in [3.8, 4) is 0 Å². The van der Waals surface area contributed by atoms with Crippen molar-refractivity contribution in [3.63, 3.8) is 0 Å². The predicted molar refractivity (Wildman–Crippen MR) is 122 cm³/mol. The van der Waals surface area contributed by atoms with Gasteiger partial charge in [-0.25, -0.2) is 4.39 Å². The fourth-order valence-electron chi connectivity index (χ4n) is 5.33. The van der Waals surface area contributed by atoms with Crippen LogP contribution >= 0.6 is 0 Å². The first-order chi connectivity index (χ1) is 15.2. The minimum absolute atomic E-state index is 0.0452. The lowest BCUT2D eigenvalue weighted by atomic mass is 9.84. The van der Waals surface area contributed by atoms with E-state index in [4.69, 9.17) is 9.47 Å². The molecule has 31 heavy (non-hydrogen) atoms. The smallest absolute Gasteiger partial charge is 0.309 e. The van der Waals surface area contributed by atoms with Crippen molar-refractivity contribution in [2.45, 2.75) is 121 Å². The van der Waals surface area contributed by atoms with Gasteiger partial charge in [0.2, 0.25) is 0 Å². The molecular formula is C25H45FN2O3. The summed E-state index contributed by atoms with van der Waals surface area (Å²) in [4.78, 5) is 12.4. The van der Waals surface area contributed by atoms with Crippen LogP contribution in [-0.2, 0) is 14.3 Å². The minimum Gasteiger partial charge on any atom is -0.462 e. The number of alkyl halides is 1. The summed E-state index contributed by atoms with van der Waals surface area (Å²) < 4.78 is 25.1. The number of hydrogen-bond acceptors (Lipinski definition) is 5. The Morgan fingerprint density at radius 1 is 0.839 bits per heavy atom. The maximum absolute atomic E-state index is 13.3. The molecule has 0 aromatic rings. The number of carbonyl (C=O) groups is 1. The quantitative estimate of drug-likeness (QED) is 0.354. The summed E-state index contributed by atoms with van der Waals surface area (Å²) in [6, 6.07) is 0. The SMILES string of the molecule is CCCCCCCCOC1CNC(C2CCC(OC(=O)C3CCC(F)CC3)CC2)NC1. The van der Waals surface area contributed by atoms with Gasteiger partial charge in [0.15, 0.2) is 0 Å². The molecule has 0 aromatic heterocycles. The molecule has 1 aliphatic heterocycles. The van der Waals surface area contributed by atoms with Crippen molar-refractivity contribution < 1.29 is 18.7 Å². The van der Waals surface area contributed by atoms with E-state index in [9.17, 15) is 9.18 Å². The molecule has 3 fully saturated rings. The first kappa shape index (κ1) is 24.9. The molecule has 180 valence electrons. The van der Waals surface area contributed by atoms with E-state index in [0.717, 1.165) is 45.4 Å². The average molecular weight is 441 g/mol. The third kappa shape index (κ3) is 8.62. The second-order valence-corrected chi connectivity index (χ2v) is 9.98. The first-order valence-corrected chi connectivity index (χ1v) is 13.1. The van der Waals surface area contributed by atoms with E-state index in [2.05, 4.69) is 17.6 Å². The van der Waals surface area contributed by atoms with Crippen LogP contribution in [0.1, 0.15) is 96.8 Å². The Labute approximate surface area is 188 Å². The minimum atomic E-state index is -0.726. The van der Waals surface area contributed by atoms with Gasteiger partial charge in [-0.15, -0.1) is 0 Å². The molecule has 0 spiro atoms. The van der Waals surface area contributed by atoms with E-state index >= 15 is 0 Å². The highest BCUT2D eigenvalue weighted by molar-refractivity contribution is 5.72. The van der Waals surface area contributed by atoms with Crippen LogP contribution in [0.4, 0.5) is 4.39 Å². The Kier molecular flexibility index (Phi) is 11.0. The molecule has 1 saturated heterocycles. The Hall–Kier alpha value is -0.720. The zero-order chi connectivity index (χ0) is 21.9. The zero-order valence-electron chi connectivity index (χ0n) is 19.6. The van der Waals surface area contributed by atoms with Crippen molar-refractivity contribution in [2.75, 3.05) is 19.7 Å². The van der Waals surface area contributed by atoms with Crippen LogP contribution in [0.2, 0.25) is 0 Å². The Morgan fingerprint density at radius 3 is 2.16 bits per heavy atom. The van der Waals surface area contributed by atoms with Crippen LogP contribution in [0.5, 0.6) is 0 Å². The van der Waals surface area contributed by atoms with Gasteiger partial charge in [0, 0.05) is 19.7 Å². The van der Waals surface area contributed by atoms with Gasteiger partial charge < -0.3 is 9.47 Å². The number of ether oxygens (including phenoxy) is 2. The summed E-state index contributed by atoms with van der Waals surface area (Å²) >= 11 is 0. The fraction of sp³-hybridized carbons (Fsp3) is 0.960. The van der Waals surface area contributed by atoms with Gasteiger partial charge in [-0.3, -0.25) is 15.4 Å². The van der Waals surface area contributed by atoms with E-state index in [1.54, 1.807) is 0 Å². The van der Waals surface area contributed by atoms with Crippen molar-refractivity contribution in [3.05, 3.63) is 0 Å². The monoisotopic (exact) mass is 440 g/mol. The van der Waals surface area contributed by atoms with E-state index < -0.39 is 6.17 Å². The van der Waals surface area contributed by atoms with Gasteiger partial charge in [0.1, 0.15) is 12.3 Å². The van der Waals surface area contributed by atoms with Gasteiger partial charge in [-0.1, -0.05) is 39.0 Å². The van der Waals surface area contributed by atoms with Crippen molar-refractivity contribution in [1.29, 1.82) is 0 Å². The molecule has 0 unspecified atom stereocenters. The standard InChI is InChI=1S/C25H45FN2O3/c1-2-3-4-5-6-7-16-30-23-17-27-24(28-18-23)19-10-14-22(15-11-19)31-25(29)20-8-12-21(26)13-9-20/h19-24,27-28H,2-18H2,1H3. The molecule has 2 aliphatic carbocycles. The van der Waals surface area contributed by atoms with Crippen molar-refractivity contribution in [1.82, 2.24) is 10.6 Å². The van der Waals surface area contributed by atoms with E-state index in [1.165, 1.54) is 38.5 Å². The topological polar surface area (TPSA) is 59.6 Å². The summed E-state index contributed by atoms with van der Waals surface area (Å²) in [6.07, 6.45) is 14.0. The molecule has 2 N–H and O–H groups in total. The number of rotatable bonds is 11. The summed E-state index contributed by atoms with van der Waals surface area (Å²) in [5.41, 5.74) is 0. The highest BCUT2D eigenvalue weighted by Gasteiger charge is 2.33. The fourth-order valence-corrected chi connectivity index (χ4v) is 5.33. The van der Waals surface area contributed by atoms with Crippen LogP contribution in [0, 0.1) is 11.8 Å². The summed E-state index contributed by atoms with van der Waals surface area (Å²) in [5.74, 6) is 0.408. The molecule has 3 aliphatic rings. The number of nitrogens with one attached hydrogen (secondary N) is 2. The van der Waals surface area contributed by atoms with Crippen molar-refractivity contribution >= 4 is 5.97 Å². The summed E-state index contributed by atoms with van der Waals surface area (Å²) in [5, 5.41) is 7.28. The lowest BCUT2D eigenvalue weighted by Gasteiger charge is -2.39. The molecule has 0 amide bonds. The van der Waals surface area contributed by atoms with Gasteiger partial charge in [-0.05, 0) is 63.7 Å². The molecule has 3 rings (SSSR count). The van der Waals surface area contributed by atoms with Gasteiger partial charge in [-0.2, -0.15) is 0 Å². The molecule has 0 radical (unpaired) electrons. The maximum Gasteiger partial charge on any atom is 0.309 e. The van der Waals surface area contributed by atoms with E-state index in [1.807, 2.05) is 0 Å². The second-order valence-electron chi connectivity index (χ2n) is 9.98. The third-order valence-corrected chi connectivity index (χ3v) is 7.45. The normalized spacial score (nSPS) is 34.4. The number of hydrogen-bond donors (Lipinski definition) is 2. The number of unbranched alkanes of at least 4 members (excludes halogenated alkanes) is 5. The summed E-state index contributed by atoms with van der Waals surface area (Å²) in [7, 11) is 0. The maximum atomic E-state index is 13.3. The molecule has 5 nitrogen and oxygen atoms in total. The van der Waals surface area contributed by atoms with Crippen molar-refractivity contribution in [2.24, 2.45) is 11.8 Å². The van der Waals surface area contributed by atoms with Crippen LogP contribution in [0.3, 0.4) is 0 Å². The van der Waals surface area contributed by atoms with Gasteiger partial charge >= 0.3 is 5.97 Å². The van der Waals surface area contributed by atoms with Crippen LogP contribution in [-0.4, -0.2) is 50.2 Å². The Bertz CT molecular complexity index is 497. The Balaban J connectivity index is 1.23. The van der Waals surface area contributed by atoms with Crippen LogP contribution in [0.25, 0.3) is 0 Å². The number of esters is 1. The Morgan fingerprint density at radius 2 is 1.48 bits per heavy atom. The second kappa shape index (κ2) is 13.7. The lowest BCUT2D eigenvalue weighted by Crippen LogP contribution is -2.59. The van der Waals surface area contributed by atoms with Gasteiger partial charge in [0.25, 0.3) is 0 Å². The molecule has 0 bridgehead atoms. The number of halogens is 1. The molecule has 2 saturated carbocycles. The number of carbonyl (C=O) groups excluding carboxylic acids is 1. The molecule has 1 heterocycles. The molecule has 0 atom stereocenters. The highest BCUT2D eigenvalue weighted by atomic mass is 19.1. The van der Waals surface area contributed by atoms with E-state index in [0.29, 0.717) is 37.8 Å². The van der Waals surface area contributed by atoms with Crippen LogP contribution < -0.4 is 10.6 Å². The molecule has 0 aromatic carbocycles. The predicted octanol–water partition coefficient (Wildman–Crippen LogP) is 4.88. The van der Waals surface area contributed by atoms with Crippen LogP contribution in [0.15, 0.2) is 0 Å². The summed E-state index contributed by atoms with van der Waals surface area (Å²) in [6.45, 7) is 4.95. The van der Waals surface area contributed by atoms with Gasteiger partial charge in [0.05, 0.1) is 18.2 Å². The lowest BCUT2D eigenvalue weighted by molar-refractivity contribution is -0.157.